The number of nitrogens with zero attached hydrogens (tertiary/aromatic N) is 2. The average molecular weight is 361 g/mol. The quantitative estimate of drug-likeness (QED) is 0.778. The van der Waals surface area contributed by atoms with Crippen LogP contribution in [0.25, 0.3) is 11.3 Å². The van der Waals surface area contributed by atoms with Gasteiger partial charge in [-0.25, -0.2) is 4.68 Å². The first-order valence-electron chi connectivity index (χ1n) is 8.79. The molecule has 0 spiro atoms. The largest absolute Gasteiger partial charge is 0.497 e. The number of amides is 1. The van der Waals surface area contributed by atoms with Crippen molar-refractivity contribution in [2.24, 2.45) is 0 Å². The van der Waals surface area contributed by atoms with E-state index in [2.05, 4.69) is 10.4 Å². The van der Waals surface area contributed by atoms with Crippen molar-refractivity contribution in [1.82, 2.24) is 9.78 Å². The zero-order chi connectivity index (χ0) is 18.8. The molecule has 1 amide bonds. The maximum absolute atomic E-state index is 12.7. The van der Waals surface area contributed by atoms with Gasteiger partial charge in [0, 0.05) is 17.3 Å². The first-order valence-corrected chi connectivity index (χ1v) is 8.79. The number of ether oxygens (including phenoxy) is 1. The molecule has 2 heterocycles. The SMILES string of the molecule is COc1ccc(-c2ccc(=O)n(C3CCc4ccccc4NC3=O)n2)cc1. The number of carbonyl (C=O) groups is 1. The molecule has 2 aromatic carbocycles. The van der Waals surface area contributed by atoms with Crippen molar-refractivity contribution in [1.29, 1.82) is 0 Å². The van der Waals surface area contributed by atoms with Crippen LogP contribution in [0.5, 0.6) is 5.75 Å². The highest BCUT2D eigenvalue weighted by molar-refractivity contribution is 5.95. The van der Waals surface area contributed by atoms with E-state index in [1.165, 1.54) is 10.7 Å². The number of methoxy groups -OCH3 is 1. The fraction of sp³-hybridized carbons (Fsp3) is 0.190. The third-order valence-electron chi connectivity index (χ3n) is 4.77. The lowest BCUT2D eigenvalue weighted by Crippen LogP contribution is -2.34. The van der Waals surface area contributed by atoms with Crippen LogP contribution in [-0.2, 0) is 11.2 Å². The van der Waals surface area contributed by atoms with E-state index in [0.717, 1.165) is 22.6 Å². The summed E-state index contributed by atoms with van der Waals surface area (Å²) in [4.78, 5) is 25.2. The van der Waals surface area contributed by atoms with Crippen molar-refractivity contribution in [3.8, 4) is 17.0 Å². The van der Waals surface area contributed by atoms with E-state index >= 15 is 0 Å². The Morgan fingerprint density at radius 1 is 1.04 bits per heavy atom. The number of aromatic nitrogens is 2. The summed E-state index contributed by atoms with van der Waals surface area (Å²) in [6, 6.07) is 17.6. The Balaban J connectivity index is 1.69. The summed E-state index contributed by atoms with van der Waals surface area (Å²) in [6.07, 6.45) is 1.21. The van der Waals surface area contributed by atoms with Gasteiger partial charge < -0.3 is 10.1 Å². The second-order valence-corrected chi connectivity index (χ2v) is 6.43. The molecule has 136 valence electrons. The molecule has 6 nitrogen and oxygen atoms in total. The number of anilines is 1. The number of carbonyl (C=O) groups excluding carboxylic acids is 1. The Morgan fingerprint density at radius 3 is 2.59 bits per heavy atom. The van der Waals surface area contributed by atoms with E-state index in [0.29, 0.717) is 18.5 Å². The number of rotatable bonds is 3. The predicted octanol–water partition coefficient (Wildman–Crippen LogP) is 3.04. The summed E-state index contributed by atoms with van der Waals surface area (Å²) >= 11 is 0. The summed E-state index contributed by atoms with van der Waals surface area (Å²) in [5.41, 5.74) is 3.05. The van der Waals surface area contributed by atoms with Crippen LogP contribution < -0.4 is 15.6 Å². The highest BCUT2D eigenvalue weighted by atomic mass is 16.5. The third-order valence-corrected chi connectivity index (χ3v) is 4.77. The average Bonchev–Trinajstić information content (AvgIpc) is 2.87. The predicted molar refractivity (Wildman–Crippen MR) is 103 cm³/mol. The molecule has 1 atom stereocenters. The molecule has 0 aliphatic carbocycles. The summed E-state index contributed by atoms with van der Waals surface area (Å²) < 4.78 is 6.47. The normalized spacial score (nSPS) is 16.2. The van der Waals surface area contributed by atoms with Gasteiger partial charge in [0.1, 0.15) is 11.8 Å². The number of hydrogen-bond acceptors (Lipinski definition) is 4. The van der Waals surface area contributed by atoms with Crippen LogP contribution in [-0.4, -0.2) is 22.8 Å². The van der Waals surface area contributed by atoms with Crippen molar-refractivity contribution < 1.29 is 9.53 Å². The topological polar surface area (TPSA) is 73.2 Å². The second-order valence-electron chi connectivity index (χ2n) is 6.43. The van der Waals surface area contributed by atoms with Gasteiger partial charge in [0.2, 0.25) is 5.91 Å². The van der Waals surface area contributed by atoms with E-state index < -0.39 is 6.04 Å². The van der Waals surface area contributed by atoms with Gasteiger partial charge in [0.25, 0.3) is 5.56 Å². The number of hydrogen-bond donors (Lipinski definition) is 1. The highest BCUT2D eigenvalue weighted by Gasteiger charge is 2.26. The van der Waals surface area contributed by atoms with Gasteiger partial charge >= 0.3 is 0 Å². The van der Waals surface area contributed by atoms with Gasteiger partial charge in [-0.2, -0.15) is 5.10 Å². The van der Waals surface area contributed by atoms with Gasteiger partial charge in [-0.1, -0.05) is 18.2 Å². The van der Waals surface area contributed by atoms with Crippen LogP contribution in [0.15, 0.2) is 65.5 Å². The van der Waals surface area contributed by atoms with Crippen LogP contribution in [0.3, 0.4) is 0 Å². The van der Waals surface area contributed by atoms with Gasteiger partial charge in [0.15, 0.2) is 0 Å². The van der Waals surface area contributed by atoms with Crippen LogP contribution in [0, 0.1) is 0 Å². The number of para-hydroxylation sites is 1. The molecule has 6 heteroatoms. The summed E-state index contributed by atoms with van der Waals surface area (Å²) in [7, 11) is 1.61. The molecule has 3 aromatic rings. The lowest BCUT2D eigenvalue weighted by Gasteiger charge is -2.16. The molecule has 27 heavy (non-hydrogen) atoms. The van der Waals surface area contributed by atoms with E-state index in [-0.39, 0.29) is 11.5 Å². The summed E-state index contributed by atoms with van der Waals surface area (Å²) in [5.74, 6) is 0.523. The molecule has 0 saturated heterocycles. The summed E-state index contributed by atoms with van der Waals surface area (Å²) in [5, 5.41) is 7.40. The molecule has 1 aromatic heterocycles. The molecule has 0 fully saturated rings. The van der Waals surface area contributed by atoms with Crippen molar-refractivity contribution in [2.75, 3.05) is 12.4 Å². The van der Waals surface area contributed by atoms with Gasteiger partial charge in [-0.15, -0.1) is 0 Å². The smallest absolute Gasteiger partial charge is 0.267 e. The minimum Gasteiger partial charge on any atom is -0.497 e. The van der Waals surface area contributed by atoms with Crippen molar-refractivity contribution in [2.45, 2.75) is 18.9 Å². The zero-order valence-corrected chi connectivity index (χ0v) is 14.9. The molecule has 1 aliphatic heterocycles. The monoisotopic (exact) mass is 361 g/mol. The minimum atomic E-state index is -0.650. The van der Waals surface area contributed by atoms with Crippen LogP contribution >= 0.6 is 0 Å². The van der Waals surface area contributed by atoms with Gasteiger partial charge in [-0.05, 0) is 54.8 Å². The molecule has 0 bridgehead atoms. The number of aryl methyl sites for hydroxylation is 1. The number of nitrogens with one attached hydrogen (secondary N) is 1. The van der Waals surface area contributed by atoms with Crippen molar-refractivity contribution in [3.05, 3.63) is 76.6 Å². The van der Waals surface area contributed by atoms with Gasteiger partial charge in [-0.3, -0.25) is 9.59 Å². The highest BCUT2D eigenvalue weighted by Crippen LogP contribution is 2.26. The van der Waals surface area contributed by atoms with E-state index in [9.17, 15) is 9.59 Å². The van der Waals surface area contributed by atoms with Crippen molar-refractivity contribution in [3.63, 3.8) is 0 Å². The Bertz CT molecular complexity index is 1040. The number of benzene rings is 2. The molecule has 1 aliphatic rings. The first-order chi connectivity index (χ1) is 13.2. The molecule has 0 radical (unpaired) electrons. The zero-order valence-electron chi connectivity index (χ0n) is 14.9. The Labute approximate surface area is 156 Å². The van der Waals surface area contributed by atoms with E-state index in [1.54, 1.807) is 13.2 Å². The lowest BCUT2D eigenvalue weighted by molar-refractivity contribution is -0.119. The Kier molecular flexibility index (Phi) is 4.46. The first kappa shape index (κ1) is 17.0. The standard InChI is InChI=1S/C21H19N3O3/c1-27-16-9-6-15(7-10-16)18-11-13-20(25)24(23-18)19-12-8-14-4-2-3-5-17(14)22-21(19)26/h2-7,9-11,13,19H,8,12H2,1H3,(H,22,26). The molecule has 4 rings (SSSR count). The van der Waals surface area contributed by atoms with Crippen molar-refractivity contribution >= 4 is 11.6 Å². The van der Waals surface area contributed by atoms with E-state index in [4.69, 9.17) is 4.74 Å². The molecule has 0 saturated carbocycles. The molecular weight excluding hydrogens is 342 g/mol. The van der Waals surface area contributed by atoms with Gasteiger partial charge in [0.05, 0.1) is 12.8 Å². The number of fused-ring (bicyclic) bond motifs is 1. The fourth-order valence-electron chi connectivity index (χ4n) is 3.30. The maximum Gasteiger partial charge on any atom is 0.267 e. The molecule has 1 unspecified atom stereocenters. The van der Waals surface area contributed by atoms with E-state index in [1.807, 2.05) is 48.5 Å². The molecule has 1 N–H and O–H groups in total. The fourth-order valence-corrected chi connectivity index (χ4v) is 3.30. The minimum absolute atomic E-state index is 0.221. The van der Waals surface area contributed by atoms with Crippen LogP contribution in [0.4, 0.5) is 5.69 Å². The Hall–Kier alpha value is -3.41. The van der Waals surface area contributed by atoms with Crippen LogP contribution in [0.1, 0.15) is 18.0 Å². The van der Waals surface area contributed by atoms with Crippen LogP contribution in [0.2, 0.25) is 0 Å². The Morgan fingerprint density at radius 2 is 1.81 bits per heavy atom. The lowest BCUT2D eigenvalue weighted by atomic mass is 10.1. The molecular formula is C21H19N3O3. The third kappa shape index (κ3) is 3.33. The maximum atomic E-state index is 12.7. The second kappa shape index (κ2) is 7.07. The summed E-state index contributed by atoms with van der Waals surface area (Å²) in [6.45, 7) is 0.